The van der Waals surface area contributed by atoms with Crippen molar-refractivity contribution in [1.29, 1.82) is 0 Å². The number of hydrogen-bond acceptors (Lipinski definition) is 5. The molecule has 0 N–H and O–H groups in total. The molecule has 4 nitrogen and oxygen atoms in total. The number of halogens is 1. The first-order valence-electron chi connectivity index (χ1n) is 7.57. The number of nitrogens with zero attached hydrogens (tertiary/aromatic N) is 3. The maximum Gasteiger partial charge on any atom is 0.139 e. The quantitative estimate of drug-likeness (QED) is 0.747. The first-order valence-corrected chi connectivity index (χ1v) is 9.43. The van der Waals surface area contributed by atoms with Gasteiger partial charge >= 0.3 is 0 Å². The highest BCUT2D eigenvalue weighted by Crippen LogP contribution is 2.48. The molecule has 0 radical (unpaired) electrons. The van der Waals surface area contributed by atoms with Crippen LogP contribution in [-0.4, -0.2) is 51.7 Å². The maximum atomic E-state index is 5.32. The molecule has 4 rings (SSSR count). The van der Waals surface area contributed by atoms with Gasteiger partial charge in [0.2, 0.25) is 0 Å². The Bertz CT molecular complexity index is 531. The Labute approximate surface area is 138 Å². The van der Waals surface area contributed by atoms with Crippen molar-refractivity contribution in [1.82, 2.24) is 9.88 Å². The van der Waals surface area contributed by atoms with Crippen LogP contribution in [-0.2, 0) is 0 Å². The van der Waals surface area contributed by atoms with Gasteiger partial charge in [0.05, 0.1) is 25.2 Å². The first kappa shape index (κ1) is 14.2. The van der Waals surface area contributed by atoms with E-state index in [-0.39, 0.29) is 0 Å². The molecule has 0 spiro atoms. The van der Waals surface area contributed by atoms with E-state index in [2.05, 4.69) is 48.5 Å². The van der Waals surface area contributed by atoms with Gasteiger partial charge in [-0.05, 0) is 19.3 Å². The van der Waals surface area contributed by atoms with E-state index in [0.29, 0.717) is 10.3 Å². The summed E-state index contributed by atoms with van der Waals surface area (Å²) < 4.78 is 5.32. The van der Waals surface area contributed by atoms with Crippen LogP contribution in [0.15, 0.2) is 18.5 Å². The molecule has 21 heavy (non-hydrogen) atoms. The Morgan fingerprint density at radius 3 is 3.10 bits per heavy atom. The Morgan fingerprint density at radius 2 is 2.24 bits per heavy atom. The number of methoxy groups -OCH3 is 1. The predicted molar refractivity (Wildman–Crippen MR) is 90.4 cm³/mol. The molecule has 0 amide bonds. The van der Waals surface area contributed by atoms with Crippen molar-refractivity contribution in [3.63, 3.8) is 0 Å². The van der Waals surface area contributed by atoms with E-state index in [1.165, 1.54) is 31.5 Å². The lowest BCUT2D eigenvalue weighted by Crippen LogP contribution is -2.40. The van der Waals surface area contributed by atoms with E-state index in [0.717, 1.165) is 23.6 Å². The topological polar surface area (TPSA) is 28.6 Å². The average molecular weight is 370 g/mol. The molecule has 1 aromatic heterocycles. The van der Waals surface area contributed by atoms with Crippen molar-refractivity contribution in [3.05, 3.63) is 18.5 Å². The van der Waals surface area contributed by atoms with Crippen LogP contribution >= 0.6 is 27.7 Å². The van der Waals surface area contributed by atoms with Gasteiger partial charge in [0, 0.05) is 35.3 Å². The zero-order valence-electron chi connectivity index (χ0n) is 12.1. The molecule has 6 heteroatoms. The summed E-state index contributed by atoms with van der Waals surface area (Å²) in [5.74, 6) is 0.840. The third-order valence-corrected chi connectivity index (χ3v) is 7.29. The molecule has 1 aromatic rings. The lowest BCUT2D eigenvalue weighted by molar-refractivity contribution is 0.210. The number of thioether (sulfide) groups is 1. The van der Waals surface area contributed by atoms with Crippen LogP contribution in [0.4, 0.5) is 5.69 Å². The molecule has 0 bridgehead atoms. The van der Waals surface area contributed by atoms with E-state index in [1.54, 1.807) is 13.3 Å². The normalized spacial score (nSPS) is 35.6. The molecular weight excluding hydrogens is 350 g/mol. The Kier molecular flexibility index (Phi) is 3.79. The number of anilines is 1. The van der Waals surface area contributed by atoms with Crippen molar-refractivity contribution < 1.29 is 4.74 Å². The average Bonchev–Trinajstić information content (AvgIpc) is 3.05. The fourth-order valence-electron chi connectivity index (χ4n) is 3.78. The summed E-state index contributed by atoms with van der Waals surface area (Å²) >= 11 is 5.95. The summed E-state index contributed by atoms with van der Waals surface area (Å²) in [6.45, 7) is 2.26. The van der Waals surface area contributed by atoms with Gasteiger partial charge in [-0.15, -0.1) is 11.8 Å². The standard InChI is InChI=1S/C15H20BrN3OS/c1-20-12-7-11(8-17-9-12)18-4-5-19-13-3-2-10(16)6-14(13)21-15(18)19/h7-10,13-15H,2-6H2,1H3. The lowest BCUT2D eigenvalue weighted by atomic mass is 9.94. The second-order valence-electron chi connectivity index (χ2n) is 5.99. The van der Waals surface area contributed by atoms with Crippen molar-refractivity contribution in [2.24, 2.45) is 0 Å². The number of alkyl halides is 1. The number of fused-ring (bicyclic) bond motifs is 3. The molecule has 1 aliphatic carbocycles. The smallest absolute Gasteiger partial charge is 0.139 e. The van der Waals surface area contributed by atoms with Crippen LogP contribution < -0.4 is 9.64 Å². The molecule has 0 aromatic carbocycles. The molecule has 3 aliphatic rings. The van der Waals surface area contributed by atoms with Gasteiger partial charge in [-0.25, -0.2) is 0 Å². The van der Waals surface area contributed by atoms with Crippen LogP contribution in [0, 0.1) is 0 Å². The Hall–Kier alpha value is -0.460. The summed E-state index contributed by atoms with van der Waals surface area (Å²) in [5.41, 5.74) is 1.66. The lowest BCUT2D eigenvalue weighted by Gasteiger charge is -2.31. The van der Waals surface area contributed by atoms with Crippen LogP contribution in [0.5, 0.6) is 5.75 Å². The van der Waals surface area contributed by atoms with Crippen LogP contribution in [0.3, 0.4) is 0 Å². The van der Waals surface area contributed by atoms with E-state index < -0.39 is 0 Å². The fraction of sp³-hybridized carbons (Fsp3) is 0.667. The minimum atomic E-state index is 0.478. The largest absolute Gasteiger partial charge is 0.495 e. The number of hydrogen-bond donors (Lipinski definition) is 0. The maximum absolute atomic E-state index is 5.32. The predicted octanol–water partition coefficient (Wildman–Crippen LogP) is 2.93. The van der Waals surface area contributed by atoms with Crippen LogP contribution in [0.1, 0.15) is 19.3 Å². The number of rotatable bonds is 2. The molecule has 4 unspecified atom stereocenters. The zero-order chi connectivity index (χ0) is 14.4. The summed E-state index contributed by atoms with van der Waals surface area (Å²) in [4.78, 5) is 10.2. The Morgan fingerprint density at radius 1 is 1.33 bits per heavy atom. The van der Waals surface area contributed by atoms with Crippen LogP contribution in [0.2, 0.25) is 0 Å². The first-order chi connectivity index (χ1) is 10.3. The molecular formula is C15H20BrN3OS. The molecule has 3 heterocycles. The number of aromatic nitrogens is 1. The Balaban J connectivity index is 1.56. The molecule has 1 saturated carbocycles. The SMILES string of the molecule is COc1cncc(N2CCN3C4CCC(Br)CC4SC23)c1. The van der Waals surface area contributed by atoms with E-state index in [1.807, 2.05) is 6.20 Å². The number of pyridine rings is 1. The van der Waals surface area contributed by atoms with Gasteiger partial charge in [-0.2, -0.15) is 0 Å². The van der Waals surface area contributed by atoms with Crippen molar-refractivity contribution in [3.8, 4) is 5.75 Å². The zero-order valence-corrected chi connectivity index (χ0v) is 14.5. The third-order valence-electron chi connectivity index (χ3n) is 4.83. The molecule has 4 atom stereocenters. The summed E-state index contributed by atoms with van der Waals surface area (Å²) in [7, 11) is 1.70. The van der Waals surface area contributed by atoms with Gasteiger partial charge in [-0.1, -0.05) is 15.9 Å². The van der Waals surface area contributed by atoms with Crippen molar-refractivity contribution >= 4 is 33.4 Å². The molecule has 2 aliphatic heterocycles. The fourth-order valence-corrected chi connectivity index (χ4v) is 6.62. The highest BCUT2D eigenvalue weighted by molar-refractivity contribution is 9.09. The summed E-state index contributed by atoms with van der Waals surface area (Å²) in [6, 6.07) is 2.86. The highest BCUT2D eigenvalue weighted by Gasteiger charge is 2.49. The van der Waals surface area contributed by atoms with E-state index in [9.17, 15) is 0 Å². The molecule has 3 fully saturated rings. The third kappa shape index (κ3) is 2.45. The number of ether oxygens (including phenoxy) is 1. The second kappa shape index (κ2) is 5.63. The van der Waals surface area contributed by atoms with Gasteiger partial charge in [-0.3, -0.25) is 9.88 Å². The monoisotopic (exact) mass is 369 g/mol. The van der Waals surface area contributed by atoms with Gasteiger partial charge in [0.25, 0.3) is 0 Å². The summed E-state index contributed by atoms with van der Waals surface area (Å²) in [5, 5.41) is 0.773. The second-order valence-corrected chi connectivity index (χ2v) is 8.59. The minimum Gasteiger partial charge on any atom is -0.495 e. The van der Waals surface area contributed by atoms with Gasteiger partial charge < -0.3 is 9.64 Å². The van der Waals surface area contributed by atoms with E-state index >= 15 is 0 Å². The van der Waals surface area contributed by atoms with Gasteiger partial charge in [0.1, 0.15) is 11.2 Å². The van der Waals surface area contributed by atoms with Gasteiger partial charge in [0.15, 0.2) is 0 Å². The minimum absolute atomic E-state index is 0.478. The van der Waals surface area contributed by atoms with Crippen molar-refractivity contribution in [2.45, 2.75) is 40.9 Å². The molecule has 114 valence electrons. The van der Waals surface area contributed by atoms with E-state index in [4.69, 9.17) is 4.74 Å². The highest BCUT2D eigenvalue weighted by atomic mass is 79.9. The van der Waals surface area contributed by atoms with Crippen LogP contribution in [0.25, 0.3) is 0 Å². The summed E-state index contributed by atoms with van der Waals surface area (Å²) in [6.07, 6.45) is 7.67. The molecule has 2 saturated heterocycles. The van der Waals surface area contributed by atoms with Crippen molar-refractivity contribution in [2.75, 3.05) is 25.1 Å².